The van der Waals surface area contributed by atoms with E-state index < -0.39 is 18.1 Å². The molecule has 2 aliphatic heterocycles. The molecule has 2 aliphatic rings. The highest BCUT2D eigenvalue weighted by Crippen LogP contribution is 2.30. The Labute approximate surface area is 99.2 Å². The molecule has 0 saturated carbocycles. The molecule has 2 saturated heterocycles. The Morgan fingerprint density at radius 1 is 1.41 bits per heavy atom. The van der Waals surface area contributed by atoms with Gasteiger partial charge in [0.15, 0.2) is 0 Å². The van der Waals surface area contributed by atoms with Crippen LogP contribution in [0.25, 0.3) is 0 Å². The van der Waals surface area contributed by atoms with Crippen LogP contribution in [0.5, 0.6) is 0 Å². The molecule has 0 spiro atoms. The molecule has 0 radical (unpaired) electrons. The van der Waals surface area contributed by atoms with Gasteiger partial charge >= 0.3 is 5.97 Å². The molecule has 0 aromatic carbocycles. The molecule has 2 fully saturated rings. The van der Waals surface area contributed by atoms with Crippen molar-refractivity contribution in [1.29, 1.82) is 0 Å². The van der Waals surface area contributed by atoms with Crippen molar-refractivity contribution < 1.29 is 19.5 Å². The van der Waals surface area contributed by atoms with Crippen molar-refractivity contribution in [3.05, 3.63) is 0 Å². The Morgan fingerprint density at radius 2 is 2.06 bits per heavy atom. The van der Waals surface area contributed by atoms with Crippen LogP contribution >= 0.6 is 0 Å². The van der Waals surface area contributed by atoms with Gasteiger partial charge in [-0.05, 0) is 12.3 Å². The first-order valence-electron chi connectivity index (χ1n) is 5.72. The quantitative estimate of drug-likeness (QED) is 0.661. The van der Waals surface area contributed by atoms with Gasteiger partial charge in [-0.25, -0.2) is 0 Å². The van der Waals surface area contributed by atoms with Crippen molar-refractivity contribution in [2.45, 2.75) is 31.8 Å². The molecule has 0 aromatic heterocycles. The summed E-state index contributed by atoms with van der Waals surface area (Å²) < 4.78 is 0. The van der Waals surface area contributed by atoms with E-state index in [4.69, 9.17) is 0 Å². The number of rotatable bonds is 2. The highest BCUT2D eigenvalue weighted by Gasteiger charge is 2.47. The van der Waals surface area contributed by atoms with Crippen LogP contribution < -0.4 is 0 Å². The van der Waals surface area contributed by atoms with Crippen LogP contribution in [0.15, 0.2) is 0 Å². The number of carboxylic acid groups (broad SMARTS) is 1. The molecule has 6 nitrogen and oxygen atoms in total. The van der Waals surface area contributed by atoms with E-state index >= 15 is 0 Å². The summed E-state index contributed by atoms with van der Waals surface area (Å²) >= 11 is 0. The largest absolute Gasteiger partial charge is 0.480 e. The summed E-state index contributed by atoms with van der Waals surface area (Å²) in [7, 11) is 1.44. The van der Waals surface area contributed by atoms with E-state index in [1.165, 1.54) is 7.05 Å². The maximum atomic E-state index is 11.8. The zero-order chi connectivity index (χ0) is 12.7. The van der Waals surface area contributed by atoms with Gasteiger partial charge in [-0.2, -0.15) is 0 Å². The van der Waals surface area contributed by atoms with Crippen molar-refractivity contribution in [2.75, 3.05) is 13.6 Å². The van der Waals surface area contributed by atoms with Crippen molar-refractivity contribution in [2.24, 2.45) is 5.92 Å². The Bertz CT molecular complexity index is 382. The van der Waals surface area contributed by atoms with Gasteiger partial charge in [-0.1, -0.05) is 6.92 Å². The van der Waals surface area contributed by atoms with E-state index in [2.05, 4.69) is 0 Å². The molecular formula is C11H16N2O4. The Hall–Kier alpha value is -1.43. The highest BCUT2D eigenvalue weighted by molar-refractivity contribution is 6.05. The fourth-order valence-electron chi connectivity index (χ4n) is 2.71. The minimum absolute atomic E-state index is 0.0151. The Morgan fingerprint density at radius 3 is 2.53 bits per heavy atom. The number of carbonyl (C=O) groups is 3. The molecule has 2 heterocycles. The fourth-order valence-corrected chi connectivity index (χ4v) is 2.71. The smallest absolute Gasteiger partial charge is 0.321 e. The van der Waals surface area contributed by atoms with E-state index in [0.29, 0.717) is 6.54 Å². The summed E-state index contributed by atoms with van der Waals surface area (Å²) in [5.41, 5.74) is 0. The third-order valence-corrected chi connectivity index (χ3v) is 3.75. The van der Waals surface area contributed by atoms with Gasteiger partial charge in [-0.3, -0.25) is 24.2 Å². The summed E-state index contributed by atoms with van der Waals surface area (Å²) in [5.74, 6) is -1.41. The van der Waals surface area contributed by atoms with Gasteiger partial charge in [0.05, 0.1) is 12.5 Å². The maximum Gasteiger partial charge on any atom is 0.321 e. The molecule has 17 heavy (non-hydrogen) atoms. The lowest BCUT2D eigenvalue weighted by Gasteiger charge is -2.27. The third-order valence-electron chi connectivity index (χ3n) is 3.75. The van der Waals surface area contributed by atoms with E-state index in [0.717, 1.165) is 11.3 Å². The lowest BCUT2D eigenvalue weighted by Crippen LogP contribution is -2.48. The van der Waals surface area contributed by atoms with Crippen LogP contribution in [0, 0.1) is 5.92 Å². The van der Waals surface area contributed by atoms with Gasteiger partial charge in [0.1, 0.15) is 6.04 Å². The molecule has 3 unspecified atom stereocenters. The van der Waals surface area contributed by atoms with Gasteiger partial charge in [0, 0.05) is 13.6 Å². The molecule has 2 rings (SSSR count). The van der Waals surface area contributed by atoms with Crippen LogP contribution in [0.3, 0.4) is 0 Å². The number of imide groups is 1. The second-order valence-corrected chi connectivity index (χ2v) is 4.80. The SMILES string of the molecule is CC1CCN(C2CC(=O)N(C)C2=O)C1C(=O)O. The maximum absolute atomic E-state index is 11.8. The summed E-state index contributed by atoms with van der Waals surface area (Å²) in [5, 5.41) is 9.18. The van der Waals surface area contributed by atoms with Crippen molar-refractivity contribution in [3.8, 4) is 0 Å². The molecule has 0 aliphatic carbocycles. The van der Waals surface area contributed by atoms with Gasteiger partial charge in [-0.15, -0.1) is 0 Å². The number of aliphatic carboxylic acids is 1. The lowest BCUT2D eigenvalue weighted by molar-refractivity contribution is -0.145. The first-order valence-corrected chi connectivity index (χ1v) is 5.72. The molecular weight excluding hydrogens is 224 g/mol. The Balaban J connectivity index is 2.21. The van der Waals surface area contributed by atoms with Crippen LogP contribution in [0.4, 0.5) is 0 Å². The van der Waals surface area contributed by atoms with Crippen molar-refractivity contribution >= 4 is 17.8 Å². The third kappa shape index (κ3) is 1.82. The number of carboxylic acids is 1. The molecule has 0 aromatic rings. The first-order chi connectivity index (χ1) is 7.93. The van der Waals surface area contributed by atoms with Crippen LogP contribution in [-0.2, 0) is 14.4 Å². The van der Waals surface area contributed by atoms with Crippen molar-refractivity contribution in [1.82, 2.24) is 9.80 Å². The highest BCUT2D eigenvalue weighted by atomic mass is 16.4. The average molecular weight is 240 g/mol. The number of nitrogens with zero attached hydrogens (tertiary/aromatic N) is 2. The van der Waals surface area contributed by atoms with E-state index in [9.17, 15) is 19.5 Å². The lowest BCUT2D eigenvalue weighted by atomic mass is 10.0. The average Bonchev–Trinajstić information content (AvgIpc) is 2.74. The van der Waals surface area contributed by atoms with Gasteiger partial charge in [0.2, 0.25) is 11.8 Å². The molecule has 2 amide bonds. The molecule has 0 bridgehead atoms. The van der Waals surface area contributed by atoms with Crippen LogP contribution in [-0.4, -0.2) is 58.4 Å². The zero-order valence-corrected chi connectivity index (χ0v) is 9.92. The Kier molecular flexibility index (Phi) is 2.91. The minimum atomic E-state index is -0.912. The van der Waals surface area contributed by atoms with Crippen molar-refractivity contribution in [3.63, 3.8) is 0 Å². The predicted molar refractivity (Wildman–Crippen MR) is 58.1 cm³/mol. The second-order valence-electron chi connectivity index (χ2n) is 4.80. The van der Waals surface area contributed by atoms with Gasteiger partial charge < -0.3 is 5.11 Å². The number of carbonyl (C=O) groups excluding carboxylic acids is 2. The molecule has 1 N–H and O–H groups in total. The number of likely N-dealkylation sites (N-methyl/N-ethyl adjacent to an activating group) is 1. The van der Waals surface area contributed by atoms with E-state index in [1.807, 2.05) is 6.92 Å². The fraction of sp³-hybridized carbons (Fsp3) is 0.727. The summed E-state index contributed by atoms with van der Waals surface area (Å²) in [4.78, 5) is 37.2. The topological polar surface area (TPSA) is 77.9 Å². The second kappa shape index (κ2) is 4.10. The first kappa shape index (κ1) is 12.0. The molecule has 6 heteroatoms. The number of hydrogen-bond acceptors (Lipinski definition) is 4. The monoisotopic (exact) mass is 240 g/mol. The minimum Gasteiger partial charge on any atom is -0.480 e. The van der Waals surface area contributed by atoms with Crippen LogP contribution in [0.2, 0.25) is 0 Å². The number of amides is 2. The summed E-state index contributed by atoms with van der Waals surface area (Å²) in [6.07, 6.45) is 0.852. The number of hydrogen-bond donors (Lipinski definition) is 1. The molecule has 94 valence electrons. The van der Waals surface area contributed by atoms with E-state index in [-0.39, 0.29) is 24.2 Å². The zero-order valence-electron chi connectivity index (χ0n) is 9.92. The summed E-state index contributed by atoms with van der Waals surface area (Å²) in [6.45, 7) is 2.43. The normalized spacial score (nSPS) is 34.7. The van der Waals surface area contributed by atoms with Crippen LogP contribution in [0.1, 0.15) is 19.8 Å². The summed E-state index contributed by atoms with van der Waals surface area (Å²) in [6, 6.07) is -1.23. The van der Waals surface area contributed by atoms with Gasteiger partial charge in [0.25, 0.3) is 0 Å². The molecule has 3 atom stereocenters. The van der Waals surface area contributed by atoms with E-state index in [1.54, 1.807) is 4.90 Å². The standard InChI is InChI=1S/C11H16N2O4/c1-6-3-4-13(9(6)11(16)17)7-5-8(14)12(2)10(7)15/h6-7,9H,3-5H2,1-2H3,(H,16,17). The predicted octanol–water partition coefficient (Wildman–Crippen LogP) is -0.461. The number of likely N-dealkylation sites (tertiary alicyclic amines) is 2.